The van der Waals surface area contributed by atoms with Crippen LogP contribution in [0.1, 0.15) is 11.5 Å². The summed E-state index contributed by atoms with van der Waals surface area (Å²) in [7, 11) is -1.48. The average Bonchev–Trinajstić information content (AvgIpc) is 2.44. The summed E-state index contributed by atoms with van der Waals surface area (Å²) in [5.41, 5.74) is 0.521. The van der Waals surface area contributed by atoms with Gasteiger partial charge in [0.2, 0.25) is 0 Å². The van der Waals surface area contributed by atoms with Gasteiger partial charge in [-0.15, -0.1) is 0 Å². The average molecular weight is 300 g/mol. The highest BCUT2D eigenvalue weighted by Crippen LogP contribution is 2.19. The van der Waals surface area contributed by atoms with Crippen LogP contribution < -0.4 is 0 Å². The molecule has 0 amide bonds. The Morgan fingerprint density at radius 2 is 1.70 bits per heavy atom. The predicted octanol–water partition coefficient (Wildman–Crippen LogP) is 0.531. The van der Waals surface area contributed by atoms with Crippen LogP contribution >= 0.6 is 0 Å². The fourth-order valence-electron chi connectivity index (χ4n) is 1.68. The van der Waals surface area contributed by atoms with E-state index in [-0.39, 0.29) is 0 Å². The molecule has 1 aromatic carbocycles. The third-order valence-corrected chi connectivity index (χ3v) is 4.19. The fraction of sp³-hybridized carbons (Fsp3) is 0.385. The minimum Gasteiger partial charge on any atom is -0.469 e. The molecule has 0 heterocycles. The molecule has 0 fully saturated rings. The molecule has 1 unspecified atom stereocenters. The summed E-state index contributed by atoms with van der Waals surface area (Å²) in [6, 6.07) is 8.40. The first-order valence-electron chi connectivity index (χ1n) is 5.79. The highest BCUT2D eigenvalue weighted by molar-refractivity contribution is 7.92. The van der Waals surface area contributed by atoms with Crippen LogP contribution in [-0.4, -0.2) is 46.1 Å². The number of carbonyl (C=O) groups excluding carboxylic acids is 2. The van der Waals surface area contributed by atoms with Gasteiger partial charge in [-0.05, 0) is 5.56 Å². The van der Waals surface area contributed by atoms with E-state index in [2.05, 4.69) is 9.47 Å². The van der Waals surface area contributed by atoms with Crippen LogP contribution in [0.25, 0.3) is 0 Å². The van der Waals surface area contributed by atoms with Crippen molar-refractivity contribution >= 4 is 21.8 Å². The van der Waals surface area contributed by atoms with Gasteiger partial charge in [-0.25, -0.2) is 8.42 Å². The summed E-state index contributed by atoms with van der Waals surface area (Å²) < 4.78 is 32.7. The Morgan fingerprint density at radius 3 is 2.20 bits per heavy atom. The second-order valence-electron chi connectivity index (χ2n) is 4.12. The molecule has 7 heteroatoms. The summed E-state index contributed by atoms with van der Waals surface area (Å²) in [6.45, 7) is 0. The standard InChI is InChI=1S/C13H16O6S/c1-18-12(14)9-20(16,17)8-11(13(15)19-2)10-6-4-3-5-7-10/h3-7,11H,8-9H2,1-2H3. The number of carbonyl (C=O) groups is 2. The van der Waals surface area contributed by atoms with Crippen LogP contribution in [0.2, 0.25) is 0 Å². The van der Waals surface area contributed by atoms with Crippen LogP contribution in [0.4, 0.5) is 0 Å². The first-order valence-corrected chi connectivity index (χ1v) is 7.61. The normalized spacial score (nSPS) is 12.5. The summed E-state index contributed by atoms with van der Waals surface area (Å²) >= 11 is 0. The lowest BCUT2D eigenvalue weighted by Crippen LogP contribution is -2.27. The maximum Gasteiger partial charge on any atom is 0.320 e. The van der Waals surface area contributed by atoms with Gasteiger partial charge in [0.05, 0.1) is 25.9 Å². The summed E-state index contributed by atoms with van der Waals surface area (Å²) in [5.74, 6) is -3.75. The SMILES string of the molecule is COC(=O)CS(=O)(=O)CC(C(=O)OC)c1ccccc1. The van der Waals surface area contributed by atoms with E-state index in [0.29, 0.717) is 5.56 Å². The zero-order valence-corrected chi connectivity index (χ0v) is 12.1. The van der Waals surface area contributed by atoms with E-state index in [9.17, 15) is 18.0 Å². The largest absolute Gasteiger partial charge is 0.469 e. The molecule has 1 aromatic rings. The van der Waals surface area contributed by atoms with Gasteiger partial charge in [-0.1, -0.05) is 30.3 Å². The molecule has 0 N–H and O–H groups in total. The monoisotopic (exact) mass is 300 g/mol. The molecule has 0 spiro atoms. The van der Waals surface area contributed by atoms with Gasteiger partial charge in [0, 0.05) is 0 Å². The first-order chi connectivity index (χ1) is 9.39. The quantitative estimate of drug-likeness (QED) is 0.712. The van der Waals surface area contributed by atoms with Crippen molar-refractivity contribution in [3.05, 3.63) is 35.9 Å². The number of sulfone groups is 1. The molecule has 0 bridgehead atoms. The Morgan fingerprint density at radius 1 is 1.10 bits per heavy atom. The molecule has 110 valence electrons. The van der Waals surface area contributed by atoms with Crippen molar-refractivity contribution in [2.24, 2.45) is 0 Å². The van der Waals surface area contributed by atoms with Gasteiger partial charge in [0.1, 0.15) is 5.75 Å². The minimum absolute atomic E-state index is 0.501. The van der Waals surface area contributed by atoms with E-state index in [1.807, 2.05) is 0 Å². The van der Waals surface area contributed by atoms with Crippen molar-refractivity contribution < 1.29 is 27.5 Å². The van der Waals surface area contributed by atoms with Crippen LogP contribution in [0.15, 0.2) is 30.3 Å². The number of rotatable bonds is 6. The van der Waals surface area contributed by atoms with E-state index < -0.39 is 39.2 Å². The number of hydrogen-bond donors (Lipinski definition) is 0. The molecular weight excluding hydrogens is 284 g/mol. The smallest absolute Gasteiger partial charge is 0.320 e. The molecule has 0 radical (unpaired) electrons. The number of hydrogen-bond acceptors (Lipinski definition) is 6. The topological polar surface area (TPSA) is 86.7 Å². The lowest BCUT2D eigenvalue weighted by atomic mass is 10.0. The third kappa shape index (κ3) is 4.65. The maximum absolute atomic E-state index is 11.9. The van der Waals surface area contributed by atoms with Gasteiger partial charge < -0.3 is 9.47 Å². The molecule has 0 aliphatic heterocycles. The number of methoxy groups -OCH3 is 2. The van der Waals surface area contributed by atoms with E-state index >= 15 is 0 Å². The van der Waals surface area contributed by atoms with Crippen molar-refractivity contribution in [2.75, 3.05) is 25.7 Å². The van der Waals surface area contributed by atoms with E-state index in [1.165, 1.54) is 7.11 Å². The van der Waals surface area contributed by atoms with Gasteiger partial charge in [0.15, 0.2) is 9.84 Å². The van der Waals surface area contributed by atoms with Crippen LogP contribution in [0.5, 0.6) is 0 Å². The highest BCUT2D eigenvalue weighted by atomic mass is 32.2. The lowest BCUT2D eigenvalue weighted by Gasteiger charge is -2.14. The molecule has 1 rings (SSSR count). The Balaban J connectivity index is 2.97. The predicted molar refractivity (Wildman–Crippen MR) is 71.9 cm³/mol. The molecule has 1 atom stereocenters. The summed E-state index contributed by atoms with van der Waals surface area (Å²) in [5, 5.41) is 0. The van der Waals surface area contributed by atoms with Crippen molar-refractivity contribution in [3.8, 4) is 0 Å². The van der Waals surface area contributed by atoms with E-state index in [1.54, 1.807) is 30.3 Å². The zero-order chi connectivity index (χ0) is 15.2. The van der Waals surface area contributed by atoms with Gasteiger partial charge in [-0.2, -0.15) is 0 Å². The number of ether oxygens (including phenoxy) is 2. The molecule has 0 saturated carbocycles. The molecule has 20 heavy (non-hydrogen) atoms. The molecule has 6 nitrogen and oxygen atoms in total. The third-order valence-electron chi connectivity index (χ3n) is 2.67. The van der Waals surface area contributed by atoms with Crippen molar-refractivity contribution in [1.82, 2.24) is 0 Å². The molecule has 0 aliphatic rings. The van der Waals surface area contributed by atoms with Crippen LogP contribution in [0.3, 0.4) is 0 Å². The zero-order valence-electron chi connectivity index (χ0n) is 11.2. The lowest BCUT2D eigenvalue weighted by molar-refractivity contribution is -0.142. The van der Waals surface area contributed by atoms with E-state index in [4.69, 9.17) is 0 Å². The second-order valence-corrected chi connectivity index (χ2v) is 6.23. The molecule has 0 aromatic heterocycles. The first kappa shape index (κ1) is 16.2. The van der Waals surface area contributed by atoms with Crippen LogP contribution in [0, 0.1) is 0 Å². The second kappa shape index (κ2) is 7.04. The Hall–Kier alpha value is -1.89. The molecular formula is C13H16O6S. The van der Waals surface area contributed by atoms with Crippen molar-refractivity contribution in [1.29, 1.82) is 0 Å². The summed E-state index contributed by atoms with van der Waals surface area (Å²) in [6.07, 6.45) is 0. The minimum atomic E-state index is -3.77. The maximum atomic E-state index is 11.9. The highest BCUT2D eigenvalue weighted by Gasteiger charge is 2.29. The van der Waals surface area contributed by atoms with Crippen LogP contribution in [-0.2, 0) is 28.9 Å². The van der Waals surface area contributed by atoms with Crippen molar-refractivity contribution in [2.45, 2.75) is 5.92 Å². The fourth-order valence-corrected chi connectivity index (χ4v) is 3.11. The number of benzene rings is 1. The van der Waals surface area contributed by atoms with E-state index in [0.717, 1.165) is 7.11 Å². The van der Waals surface area contributed by atoms with Crippen molar-refractivity contribution in [3.63, 3.8) is 0 Å². The molecule has 0 saturated heterocycles. The Bertz CT molecular complexity index is 564. The number of esters is 2. The Kier molecular flexibility index (Phi) is 5.69. The molecule has 0 aliphatic carbocycles. The van der Waals surface area contributed by atoms with Gasteiger partial charge in [-0.3, -0.25) is 9.59 Å². The van der Waals surface area contributed by atoms with Gasteiger partial charge in [0.25, 0.3) is 0 Å². The summed E-state index contributed by atoms with van der Waals surface area (Å²) in [4.78, 5) is 22.8. The Labute approximate surface area is 117 Å². The van der Waals surface area contributed by atoms with Gasteiger partial charge >= 0.3 is 11.9 Å².